The van der Waals surface area contributed by atoms with Crippen molar-refractivity contribution in [1.82, 2.24) is 0 Å². The van der Waals surface area contributed by atoms with Gasteiger partial charge in [-0.25, -0.2) is 4.79 Å². The van der Waals surface area contributed by atoms with Crippen LogP contribution in [0.1, 0.15) is 5.56 Å². The topological polar surface area (TPSA) is 117 Å². The van der Waals surface area contributed by atoms with Crippen molar-refractivity contribution in [2.75, 3.05) is 26.1 Å². The third-order valence-electron chi connectivity index (χ3n) is 3.53. The molecule has 0 spiro atoms. The predicted molar refractivity (Wildman–Crippen MR) is 101 cm³/mol. The van der Waals surface area contributed by atoms with Gasteiger partial charge in [-0.05, 0) is 24.3 Å². The summed E-state index contributed by atoms with van der Waals surface area (Å²) in [5, 5.41) is 13.1. The summed E-state index contributed by atoms with van der Waals surface area (Å²) in [5.41, 5.74) is 0.696. The normalized spacial score (nSPS) is 10.4. The first-order valence-corrected chi connectivity index (χ1v) is 8.04. The van der Waals surface area contributed by atoms with Gasteiger partial charge >= 0.3 is 5.97 Å². The number of benzene rings is 2. The van der Waals surface area contributed by atoms with Gasteiger partial charge in [0.05, 0.1) is 19.1 Å². The molecule has 0 radical (unpaired) electrons. The number of hydrogen-bond donors (Lipinski definition) is 1. The van der Waals surface area contributed by atoms with Gasteiger partial charge in [-0.1, -0.05) is 6.07 Å². The van der Waals surface area contributed by atoms with E-state index in [1.54, 1.807) is 18.2 Å². The number of methoxy groups -OCH3 is 2. The fraction of sp³-hybridized carbons (Fsp3) is 0.158. The second-order valence-corrected chi connectivity index (χ2v) is 5.40. The molecule has 1 N–H and O–H groups in total. The first-order valence-electron chi connectivity index (χ1n) is 8.04. The van der Waals surface area contributed by atoms with Crippen molar-refractivity contribution >= 4 is 29.3 Å². The average molecular weight is 386 g/mol. The molecule has 146 valence electrons. The number of carbonyl (C=O) groups is 2. The minimum absolute atomic E-state index is 0.161. The lowest BCUT2D eigenvalue weighted by molar-refractivity contribution is -0.384. The number of nitrogens with one attached hydrogen (secondary N) is 1. The van der Waals surface area contributed by atoms with Crippen molar-refractivity contribution < 1.29 is 28.7 Å². The molecule has 0 fully saturated rings. The summed E-state index contributed by atoms with van der Waals surface area (Å²) in [7, 11) is 3.02. The molecular formula is C19H18N2O7. The number of rotatable bonds is 8. The van der Waals surface area contributed by atoms with Crippen molar-refractivity contribution in [3.8, 4) is 11.5 Å². The van der Waals surface area contributed by atoms with Gasteiger partial charge in [0, 0.05) is 35.5 Å². The van der Waals surface area contributed by atoms with Crippen LogP contribution in [-0.2, 0) is 14.3 Å². The number of carbonyl (C=O) groups excluding carboxylic acids is 2. The smallest absolute Gasteiger partial charge is 0.331 e. The van der Waals surface area contributed by atoms with Gasteiger partial charge in [0.1, 0.15) is 11.5 Å². The molecule has 2 rings (SSSR count). The van der Waals surface area contributed by atoms with Gasteiger partial charge in [0.15, 0.2) is 6.61 Å². The van der Waals surface area contributed by atoms with Gasteiger partial charge < -0.3 is 19.5 Å². The number of amides is 1. The highest BCUT2D eigenvalue weighted by Crippen LogP contribution is 2.25. The van der Waals surface area contributed by atoms with Gasteiger partial charge in [-0.3, -0.25) is 14.9 Å². The monoisotopic (exact) mass is 386 g/mol. The van der Waals surface area contributed by atoms with Gasteiger partial charge in [-0.2, -0.15) is 0 Å². The van der Waals surface area contributed by atoms with E-state index in [1.165, 1.54) is 44.6 Å². The van der Waals surface area contributed by atoms with Gasteiger partial charge in [0.2, 0.25) is 0 Å². The molecule has 2 aromatic rings. The number of nitrogens with zero attached hydrogens (tertiary/aromatic N) is 1. The molecule has 2 aromatic carbocycles. The van der Waals surface area contributed by atoms with E-state index in [4.69, 9.17) is 14.2 Å². The molecular weight excluding hydrogens is 368 g/mol. The zero-order valence-electron chi connectivity index (χ0n) is 15.2. The van der Waals surface area contributed by atoms with Crippen LogP contribution in [0.4, 0.5) is 11.4 Å². The number of nitro groups is 1. The van der Waals surface area contributed by atoms with Crippen LogP contribution in [0.5, 0.6) is 11.5 Å². The Morgan fingerprint density at radius 1 is 1.14 bits per heavy atom. The fourth-order valence-electron chi connectivity index (χ4n) is 2.19. The van der Waals surface area contributed by atoms with Crippen molar-refractivity contribution in [2.24, 2.45) is 0 Å². The minimum Gasteiger partial charge on any atom is -0.497 e. The van der Waals surface area contributed by atoms with Crippen molar-refractivity contribution in [1.29, 1.82) is 0 Å². The van der Waals surface area contributed by atoms with Crippen molar-refractivity contribution in [3.63, 3.8) is 0 Å². The summed E-state index contributed by atoms with van der Waals surface area (Å²) >= 11 is 0. The summed E-state index contributed by atoms with van der Waals surface area (Å²) in [4.78, 5) is 33.8. The molecule has 0 saturated carbocycles. The van der Waals surface area contributed by atoms with E-state index in [0.29, 0.717) is 17.1 Å². The minimum atomic E-state index is -0.730. The highest BCUT2D eigenvalue weighted by molar-refractivity contribution is 5.95. The molecule has 0 unspecified atom stereocenters. The summed E-state index contributed by atoms with van der Waals surface area (Å²) < 4.78 is 15.2. The largest absolute Gasteiger partial charge is 0.497 e. The Bertz CT molecular complexity index is 909. The van der Waals surface area contributed by atoms with Gasteiger partial charge in [0.25, 0.3) is 11.6 Å². The molecule has 0 atom stereocenters. The fourth-order valence-corrected chi connectivity index (χ4v) is 2.19. The first-order chi connectivity index (χ1) is 13.4. The summed E-state index contributed by atoms with van der Waals surface area (Å²) in [6.07, 6.45) is 2.64. The maximum Gasteiger partial charge on any atom is 0.331 e. The van der Waals surface area contributed by atoms with E-state index in [0.717, 1.165) is 6.08 Å². The summed E-state index contributed by atoms with van der Waals surface area (Å²) in [5.74, 6) is -0.238. The Morgan fingerprint density at radius 2 is 1.93 bits per heavy atom. The Balaban J connectivity index is 1.90. The third-order valence-corrected chi connectivity index (χ3v) is 3.53. The van der Waals surface area contributed by atoms with Gasteiger partial charge in [-0.15, -0.1) is 0 Å². The SMILES string of the molecule is COc1ccc(/C=C/C(=O)OCC(=O)Nc2cccc([N+](=O)[O-])c2)c(OC)c1. The lowest BCUT2D eigenvalue weighted by Crippen LogP contribution is -2.20. The quantitative estimate of drug-likeness (QED) is 0.321. The van der Waals surface area contributed by atoms with Crippen LogP contribution in [0.15, 0.2) is 48.5 Å². The lowest BCUT2D eigenvalue weighted by atomic mass is 10.2. The maximum absolute atomic E-state index is 11.8. The Kier molecular flexibility index (Phi) is 7.09. The van der Waals surface area contributed by atoms with Crippen LogP contribution < -0.4 is 14.8 Å². The van der Waals surface area contributed by atoms with Crippen molar-refractivity contribution in [3.05, 3.63) is 64.2 Å². The van der Waals surface area contributed by atoms with E-state index >= 15 is 0 Å². The number of hydrogen-bond acceptors (Lipinski definition) is 7. The van der Waals surface area contributed by atoms with Crippen LogP contribution >= 0.6 is 0 Å². The number of nitro benzene ring substituents is 1. The summed E-state index contributed by atoms with van der Waals surface area (Å²) in [6, 6.07) is 10.5. The zero-order valence-corrected chi connectivity index (χ0v) is 15.2. The number of non-ortho nitro benzene ring substituents is 1. The molecule has 1 amide bonds. The third kappa shape index (κ3) is 5.84. The molecule has 0 aliphatic carbocycles. The molecule has 9 nitrogen and oxygen atoms in total. The van der Waals surface area contributed by atoms with E-state index in [-0.39, 0.29) is 11.4 Å². The van der Waals surface area contributed by atoms with E-state index < -0.39 is 23.4 Å². The van der Waals surface area contributed by atoms with Crippen LogP contribution in [0.25, 0.3) is 6.08 Å². The van der Waals surface area contributed by atoms with Crippen LogP contribution in [0, 0.1) is 10.1 Å². The second kappa shape index (κ2) is 9.72. The molecule has 28 heavy (non-hydrogen) atoms. The first kappa shape index (κ1) is 20.4. The molecule has 0 saturated heterocycles. The molecule has 9 heteroatoms. The molecule has 0 heterocycles. The highest BCUT2D eigenvalue weighted by Gasteiger charge is 2.10. The van der Waals surface area contributed by atoms with Crippen molar-refractivity contribution in [2.45, 2.75) is 0 Å². The van der Waals surface area contributed by atoms with Crippen LogP contribution in [0.3, 0.4) is 0 Å². The number of esters is 1. The number of ether oxygens (including phenoxy) is 3. The lowest BCUT2D eigenvalue weighted by Gasteiger charge is -2.07. The Hall–Kier alpha value is -3.88. The number of anilines is 1. The highest BCUT2D eigenvalue weighted by atomic mass is 16.6. The predicted octanol–water partition coefficient (Wildman–Crippen LogP) is 2.81. The molecule has 0 aliphatic rings. The standard InChI is InChI=1S/C19H18N2O7/c1-26-16-8-6-13(17(11-16)27-2)7-9-19(23)28-12-18(22)20-14-4-3-5-15(10-14)21(24)25/h3-11H,12H2,1-2H3,(H,20,22)/b9-7+. The van der Waals surface area contributed by atoms with Crippen LogP contribution in [0.2, 0.25) is 0 Å². The van der Waals surface area contributed by atoms with Crippen LogP contribution in [-0.4, -0.2) is 37.6 Å². The molecule has 0 aromatic heterocycles. The van der Waals surface area contributed by atoms with E-state index in [2.05, 4.69) is 5.32 Å². The Morgan fingerprint density at radius 3 is 2.61 bits per heavy atom. The average Bonchev–Trinajstić information content (AvgIpc) is 2.70. The zero-order chi connectivity index (χ0) is 20.5. The molecule has 0 bridgehead atoms. The second-order valence-electron chi connectivity index (χ2n) is 5.40. The summed E-state index contributed by atoms with van der Waals surface area (Å²) in [6.45, 7) is -0.536. The maximum atomic E-state index is 11.8. The van der Waals surface area contributed by atoms with E-state index in [1.807, 2.05) is 0 Å². The Labute approximate surface area is 160 Å². The van der Waals surface area contributed by atoms with E-state index in [9.17, 15) is 19.7 Å². The molecule has 0 aliphatic heterocycles.